The van der Waals surface area contributed by atoms with E-state index in [1.165, 1.54) is 12.5 Å². The van der Waals surface area contributed by atoms with E-state index in [0.29, 0.717) is 43.6 Å². The van der Waals surface area contributed by atoms with Crippen molar-refractivity contribution in [3.63, 3.8) is 0 Å². The maximum atomic E-state index is 16.4. The van der Waals surface area contributed by atoms with Crippen LogP contribution in [0, 0.1) is 23.0 Å². The molecule has 0 atom stereocenters. The number of hydrogen-bond donors (Lipinski definition) is 2. The highest BCUT2D eigenvalue weighted by Gasteiger charge is 2.28. The van der Waals surface area contributed by atoms with Gasteiger partial charge in [-0.2, -0.15) is 4.98 Å². The molecule has 55 heavy (non-hydrogen) atoms. The highest BCUT2D eigenvalue weighted by molar-refractivity contribution is 6.76. The number of ether oxygens (including phenoxy) is 3. The number of halogens is 2. The number of nitrogens with one attached hydrogen (secondary N) is 2. The molecule has 1 aliphatic heterocycles. The van der Waals surface area contributed by atoms with Crippen LogP contribution in [0.1, 0.15) is 51.0 Å². The lowest BCUT2D eigenvalue weighted by Gasteiger charge is -2.30. The Balaban J connectivity index is 1.16. The van der Waals surface area contributed by atoms with Crippen molar-refractivity contribution in [2.45, 2.75) is 84.0 Å². The molecule has 294 valence electrons. The van der Waals surface area contributed by atoms with Gasteiger partial charge >= 0.3 is 5.97 Å². The fourth-order valence-electron chi connectivity index (χ4n) is 6.97. The van der Waals surface area contributed by atoms with Gasteiger partial charge in [0.1, 0.15) is 24.2 Å². The summed E-state index contributed by atoms with van der Waals surface area (Å²) in [7, 11) is -1.36. The van der Waals surface area contributed by atoms with E-state index in [4.69, 9.17) is 19.6 Å². The quantitative estimate of drug-likeness (QED) is 0.0364. The monoisotopic (exact) mass is 772 g/mol. The van der Waals surface area contributed by atoms with Crippen molar-refractivity contribution < 1.29 is 27.8 Å². The van der Waals surface area contributed by atoms with Crippen LogP contribution < -0.4 is 10.1 Å². The van der Waals surface area contributed by atoms with E-state index < -0.39 is 19.7 Å². The van der Waals surface area contributed by atoms with Gasteiger partial charge in [0.25, 0.3) is 6.01 Å². The minimum atomic E-state index is -1.36. The second-order valence-corrected chi connectivity index (χ2v) is 21.4. The first-order valence-electron chi connectivity index (χ1n) is 19.6. The fraction of sp³-hybridized carbons (Fsp3) is 0.476. The first-order chi connectivity index (χ1) is 26.5. The van der Waals surface area contributed by atoms with Crippen molar-refractivity contribution in [3.05, 3.63) is 71.8 Å². The molecule has 1 saturated carbocycles. The van der Waals surface area contributed by atoms with Gasteiger partial charge in [0.15, 0.2) is 11.7 Å². The highest BCUT2D eigenvalue weighted by Crippen LogP contribution is 2.36. The van der Waals surface area contributed by atoms with E-state index >= 15 is 8.78 Å². The summed E-state index contributed by atoms with van der Waals surface area (Å²) in [6.45, 7) is 13.6. The van der Waals surface area contributed by atoms with E-state index in [1.54, 1.807) is 30.0 Å². The zero-order valence-electron chi connectivity index (χ0n) is 32.5. The lowest BCUT2D eigenvalue weighted by atomic mass is 9.85. The summed E-state index contributed by atoms with van der Waals surface area (Å²) in [6, 6.07) is 17.0. The number of likely N-dealkylation sites (tertiary alicyclic amines) is 1. The van der Waals surface area contributed by atoms with Crippen LogP contribution in [0.5, 0.6) is 6.01 Å². The third-order valence-corrected chi connectivity index (χ3v) is 12.1. The highest BCUT2D eigenvalue weighted by atomic mass is 28.3. The van der Waals surface area contributed by atoms with E-state index in [9.17, 15) is 4.79 Å². The number of carbonyl (C=O) groups is 1. The van der Waals surface area contributed by atoms with Crippen LogP contribution in [0.3, 0.4) is 0 Å². The number of carbonyl (C=O) groups excluding carboxylic acids is 1. The average molecular weight is 773 g/mol. The lowest BCUT2D eigenvalue weighted by Crippen LogP contribution is -2.41. The molecule has 6 rings (SSSR count). The van der Waals surface area contributed by atoms with Gasteiger partial charge in [0.2, 0.25) is 0 Å². The molecule has 3 aromatic carbocycles. The molecule has 1 saturated heterocycles. The molecule has 0 spiro atoms. The maximum Gasteiger partial charge on any atom is 0.306 e. The van der Waals surface area contributed by atoms with Crippen LogP contribution in [0.4, 0.5) is 8.78 Å². The van der Waals surface area contributed by atoms with Crippen molar-refractivity contribution in [3.8, 4) is 28.3 Å². The molecular weight excluding hydrogens is 719 g/mol. The van der Waals surface area contributed by atoms with Gasteiger partial charge in [-0.3, -0.25) is 14.8 Å². The van der Waals surface area contributed by atoms with Gasteiger partial charge in [-0.15, -0.1) is 0 Å². The summed E-state index contributed by atoms with van der Waals surface area (Å²) < 4.78 is 51.6. The number of aliphatic imine (C=N–C) groups is 1. The summed E-state index contributed by atoms with van der Waals surface area (Å²) in [5, 5.41) is 11.5. The number of hydrogen-bond acceptors (Lipinski definition) is 7. The number of benzene rings is 3. The Morgan fingerprint density at radius 1 is 1.02 bits per heavy atom. The SMILES string of the molecule is CCOC(=O)C[C@H]1CC[C@H](Oc2nc3c(F)c(-c4ccc(-c5ccc(C(=N)/N=C\NCCN6CCC6)cc5)cc4)c(F)cc3n2COCC[Si](C)(C)C)CC1. The third kappa shape index (κ3) is 10.6. The van der Waals surface area contributed by atoms with E-state index in [2.05, 4.69) is 39.8 Å². The Hall–Kier alpha value is -4.46. The molecule has 2 N–H and O–H groups in total. The topological polar surface area (TPSA) is 114 Å². The predicted octanol–water partition coefficient (Wildman–Crippen LogP) is 8.50. The van der Waals surface area contributed by atoms with E-state index in [1.807, 2.05) is 36.4 Å². The number of amidine groups is 1. The first kappa shape index (κ1) is 40.2. The Kier molecular flexibility index (Phi) is 13.5. The van der Waals surface area contributed by atoms with Crippen LogP contribution in [0.25, 0.3) is 33.3 Å². The van der Waals surface area contributed by atoms with E-state index in [0.717, 1.165) is 56.2 Å². The molecule has 0 radical (unpaired) electrons. The molecule has 2 fully saturated rings. The number of rotatable bonds is 17. The van der Waals surface area contributed by atoms with Gasteiger partial charge in [-0.25, -0.2) is 13.8 Å². The predicted molar refractivity (Wildman–Crippen MR) is 217 cm³/mol. The van der Waals surface area contributed by atoms with Crippen molar-refractivity contribution in [1.29, 1.82) is 5.41 Å². The number of esters is 1. The largest absolute Gasteiger partial charge is 0.466 e. The first-order valence-corrected chi connectivity index (χ1v) is 23.3. The van der Waals surface area contributed by atoms with Crippen LogP contribution in [-0.4, -0.2) is 86.2 Å². The number of nitrogens with zero attached hydrogens (tertiary/aromatic N) is 4. The molecular formula is C42H54F2N6O4Si. The smallest absolute Gasteiger partial charge is 0.306 e. The Morgan fingerprint density at radius 2 is 1.69 bits per heavy atom. The van der Waals surface area contributed by atoms with Crippen LogP contribution in [0.2, 0.25) is 25.7 Å². The molecule has 10 nitrogen and oxygen atoms in total. The summed E-state index contributed by atoms with van der Waals surface area (Å²) in [6.07, 6.45) is 6.10. The molecule has 0 bridgehead atoms. The Morgan fingerprint density at radius 3 is 2.33 bits per heavy atom. The third-order valence-electron chi connectivity index (χ3n) is 10.4. The lowest BCUT2D eigenvalue weighted by molar-refractivity contribution is -0.144. The second-order valence-electron chi connectivity index (χ2n) is 15.8. The van der Waals surface area contributed by atoms with Gasteiger partial charge < -0.3 is 24.4 Å². The Bertz CT molecular complexity index is 1950. The van der Waals surface area contributed by atoms with E-state index in [-0.39, 0.29) is 53.2 Å². The molecule has 1 aliphatic carbocycles. The number of aromatic nitrogens is 2. The molecule has 2 heterocycles. The summed E-state index contributed by atoms with van der Waals surface area (Å²) in [5.74, 6) is -1.25. The molecule has 4 aromatic rings. The maximum absolute atomic E-state index is 16.4. The van der Waals surface area contributed by atoms with Crippen LogP contribution in [0.15, 0.2) is 59.6 Å². The second kappa shape index (κ2) is 18.4. The van der Waals surface area contributed by atoms with Gasteiger partial charge in [0, 0.05) is 45.8 Å². The van der Waals surface area contributed by atoms with Crippen LogP contribution >= 0.6 is 0 Å². The normalized spacial score (nSPS) is 17.7. The minimum absolute atomic E-state index is 0.0207. The van der Waals surface area contributed by atoms with Crippen molar-refractivity contribution in [2.24, 2.45) is 10.9 Å². The summed E-state index contributed by atoms with van der Waals surface area (Å²) in [4.78, 5) is 23.2. The molecule has 13 heteroatoms. The van der Waals surface area contributed by atoms with Gasteiger partial charge in [0.05, 0.1) is 24.0 Å². The minimum Gasteiger partial charge on any atom is -0.466 e. The van der Waals surface area contributed by atoms with Crippen molar-refractivity contribution >= 4 is 37.3 Å². The van der Waals surface area contributed by atoms with Crippen molar-refractivity contribution in [2.75, 3.05) is 39.4 Å². The zero-order chi connectivity index (χ0) is 39.0. The Labute approximate surface area is 323 Å². The zero-order valence-corrected chi connectivity index (χ0v) is 33.5. The number of imidazole rings is 1. The number of fused-ring (bicyclic) bond motifs is 1. The molecule has 0 unspecified atom stereocenters. The standard InChI is InChI=1S/C42H54F2N6O4Si/c1-5-53-37(51)25-29-7-17-34(18-8-29)54-42-48-40-36(50(42)28-52-23-24-55(2,3)4)26-35(43)38(39(40)44)32-13-9-30(10-14-32)31-11-15-33(16-12-31)41(45)47-27-46-19-22-49-20-6-21-49/h9-16,26-27,29,34H,5-8,17-25,28H2,1-4H3,(H2,45,46,47)/t29-,34-. The summed E-state index contributed by atoms with van der Waals surface area (Å²) in [5.41, 5.74) is 2.98. The molecule has 1 aromatic heterocycles. The van der Waals surface area contributed by atoms with Crippen LogP contribution in [-0.2, 0) is 21.0 Å². The molecule has 0 amide bonds. The van der Waals surface area contributed by atoms with Crippen molar-refractivity contribution in [1.82, 2.24) is 19.8 Å². The molecule has 2 aliphatic rings. The average Bonchev–Trinajstić information content (AvgIpc) is 3.48. The van der Waals surface area contributed by atoms with Gasteiger partial charge in [-0.1, -0.05) is 68.2 Å². The fourth-order valence-corrected chi connectivity index (χ4v) is 7.72. The van der Waals surface area contributed by atoms with Gasteiger partial charge in [-0.05, 0) is 80.8 Å². The summed E-state index contributed by atoms with van der Waals surface area (Å²) >= 11 is 0.